The number of nitro groups is 1. The Morgan fingerprint density at radius 2 is 1.66 bits per heavy atom. The van der Waals surface area contributed by atoms with Crippen LogP contribution in [-0.4, -0.2) is 35.3 Å². The summed E-state index contributed by atoms with van der Waals surface area (Å²) >= 11 is 0. The molecule has 35 heavy (non-hydrogen) atoms. The number of methoxy groups -OCH3 is 1. The van der Waals surface area contributed by atoms with E-state index in [4.69, 9.17) is 14.3 Å². The van der Waals surface area contributed by atoms with Crippen molar-refractivity contribution in [2.45, 2.75) is 73.2 Å². The number of esters is 1. The first kappa shape index (κ1) is 28.8. The van der Waals surface area contributed by atoms with Crippen LogP contribution in [0.3, 0.4) is 0 Å². The Bertz CT molecular complexity index is 1050. The van der Waals surface area contributed by atoms with E-state index in [0.717, 1.165) is 0 Å². The Morgan fingerprint density at radius 1 is 1.06 bits per heavy atom. The van der Waals surface area contributed by atoms with Crippen LogP contribution in [0.2, 0.25) is 0 Å². The zero-order valence-corrected chi connectivity index (χ0v) is 23.1. The number of hydrogen-bond acceptors (Lipinski definition) is 8. The van der Waals surface area contributed by atoms with Crippen molar-refractivity contribution in [1.82, 2.24) is 5.06 Å². The lowest BCUT2D eigenvalue weighted by Crippen LogP contribution is -2.47. The van der Waals surface area contributed by atoms with Crippen molar-refractivity contribution in [3.8, 4) is 0 Å². The fourth-order valence-corrected chi connectivity index (χ4v) is 4.69. The van der Waals surface area contributed by atoms with Crippen LogP contribution in [0.15, 0.2) is 46.5 Å². The van der Waals surface area contributed by atoms with E-state index in [1.807, 2.05) is 41.5 Å². The SMILES string of the molecule is COC(=O)C1=C(C)N(OC(C)C(C)C)C(C)=C([PH2]=O)C1(OC(C)C(C)C)c1cccc([N+](=O)[O-])c1. The number of ether oxygens (including phenoxy) is 2. The molecule has 0 saturated carbocycles. The van der Waals surface area contributed by atoms with Crippen molar-refractivity contribution < 1.29 is 28.6 Å². The Morgan fingerprint density at radius 3 is 2.14 bits per heavy atom. The molecule has 0 aromatic heterocycles. The average Bonchev–Trinajstić information content (AvgIpc) is 2.81. The summed E-state index contributed by atoms with van der Waals surface area (Å²) in [5.74, 6) is -0.502. The van der Waals surface area contributed by atoms with Crippen LogP contribution in [0.1, 0.15) is 61.0 Å². The number of allylic oxidation sites excluding steroid dienone is 2. The summed E-state index contributed by atoms with van der Waals surface area (Å²) in [6, 6.07) is 5.89. The van der Waals surface area contributed by atoms with Gasteiger partial charge in [-0.05, 0) is 39.5 Å². The zero-order valence-electron chi connectivity index (χ0n) is 21.9. The predicted molar refractivity (Wildman–Crippen MR) is 135 cm³/mol. The fourth-order valence-electron chi connectivity index (χ4n) is 3.86. The van der Waals surface area contributed by atoms with Gasteiger partial charge in [0.1, 0.15) is 0 Å². The van der Waals surface area contributed by atoms with Crippen LogP contribution in [0.5, 0.6) is 0 Å². The van der Waals surface area contributed by atoms with Gasteiger partial charge in [0.15, 0.2) is 5.60 Å². The molecule has 0 bridgehead atoms. The highest BCUT2D eigenvalue weighted by atomic mass is 31.1. The van der Waals surface area contributed by atoms with Crippen LogP contribution in [0.25, 0.3) is 0 Å². The number of carbonyl (C=O) groups excluding carboxylic acids is 1. The van der Waals surface area contributed by atoms with Crippen molar-refractivity contribution in [2.75, 3.05) is 7.11 Å². The third-order valence-corrected chi connectivity index (χ3v) is 7.64. The summed E-state index contributed by atoms with van der Waals surface area (Å²) < 4.78 is 24.8. The smallest absolute Gasteiger partial charge is 0.339 e. The largest absolute Gasteiger partial charge is 0.466 e. The number of carbonyl (C=O) groups is 1. The third-order valence-electron chi connectivity index (χ3n) is 6.58. The molecule has 0 saturated heterocycles. The van der Waals surface area contributed by atoms with Crippen molar-refractivity contribution in [2.24, 2.45) is 11.8 Å². The first-order chi connectivity index (χ1) is 16.3. The number of rotatable bonds is 10. The van der Waals surface area contributed by atoms with E-state index in [-0.39, 0.29) is 29.2 Å². The van der Waals surface area contributed by atoms with Gasteiger partial charge in [0.05, 0.1) is 49.7 Å². The third kappa shape index (κ3) is 5.52. The molecule has 0 radical (unpaired) electrons. The molecule has 0 spiro atoms. The molecule has 2 rings (SSSR count). The molecule has 10 heteroatoms. The molecule has 0 aliphatic carbocycles. The standard InChI is InChI=1S/C25H37N2O7P/c1-14(2)18(7)33-25(20-11-10-12-21(13-20)27(29)30)22(24(28)32-9)16(5)26(17(6)23(25)35-31)34-19(8)15(3)4/h10-15,18-19H,35H2,1-9H3. The van der Waals surface area contributed by atoms with Crippen molar-refractivity contribution >= 4 is 20.1 Å². The van der Waals surface area contributed by atoms with Gasteiger partial charge in [-0.25, -0.2) is 9.86 Å². The van der Waals surface area contributed by atoms with Crippen molar-refractivity contribution in [3.63, 3.8) is 0 Å². The lowest BCUT2D eigenvalue weighted by Gasteiger charge is -2.46. The summed E-state index contributed by atoms with van der Waals surface area (Å²) in [6.45, 7) is 15.2. The van der Waals surface area contributed by atoms with Gasteiger partial charge < -0.3 is 14.0 Å². The molecule has 1 aliphatic rings. The lowest BCUT2D eigenvalue weighted by molar-refractivity contribution is -0.385. The molecule has 1 aromatic rings. The Balaban J connectivity index is 3.01. The molecule has 1 aliphatic heterocycles. The molecule has 194 valence electrons. The Hall–Kier alpha value is -2.48. The zero-order chi connectivity index (χ0) is 26.7. The number of nitro benzene ring substituents is 1. The summed E-state index contributed by atoms with van der Waals surface area (Å²) in [7, 11) is -0.380. The van der Waals surface area contributed by atoms with Crippen LogP contribution < -0.4 is 0 Å². The molecule has 4 unspecified atom stereocenters. The second kappa shape index (κ2) is 11.5. The van der Waals surface area contributed by atoms with Crippen molar-refractivity contribution in [3.05, 3.63) is 62.2 Å². The second-order valence-corrected chi connectivity index (χ2v) is 10.3. The van der Waals surface area contributed by atoms with Crippen molar-refractivity contribution in [1.29, 1.82) is 0 Å². The summed E-state index contributed by atoms with van der Waals surface area (Å²) in [4.78, 5) is 30.7. The normalized spacial score (nSPS) is 20.8. The lowest BCUT2D eigenvalue weighted by atomic mass is 9.80. The van der Waals surface area contributed by atoms with Crippen LogP contribution in [0, 0.1) is 22.0 Å². The number of non-ortho nitro benzene ring substituents is 1. The van der Waals surface area contributed by atoms with Gasteiger partial charge in [-0.3, -0.25) is 15.0 Å². The minimum absolute atomic E-state index is 0.0308. The topological polar surface area (TPSA) is 108 Å². The van der Waals surface area contributed by atoms with Crippen LogP contribution in [-0.2, 0) is 29.3 Å². The van der Waals surface area contributed by atoms with Crippen LogP contribution in [0.4, 0.5) is 5.69 Å². The van der Waals surface area contributed by atoms with Gasteiger partial charge in [-0.2, -0.15) is 0 Å². The summed E-state index contributed by atoms with van der Waals surface area (Å²) in [5.41, 5.74) is -0.513. The first-order valence-electron chi connectivity index (χ1n) is 11.7. The van der Waals surface area contributed by atoms with E-state index in [2.05, 4.69) is 0 Å². The molecule has 9 nitrogen and oxygen atoms in total. The van der Waals surface area contributed by atoms with Gasteiger partial charge in [-0.1, -0.05) is 39.8 Å². The van der Waals surface area contributed by atoms with Gasteiger partial charge in [0.25, 0.3) is 5.69 Å². The number of hydroxylamine groups is 2. The first-order valence-corrected chi connectivity index (χ1v) is 12.7. The monoisotopic (exact) mass is 508 g/mol. The quantitative estimate of drug-likeness (QED) is 0.174. The minimum Gasteiger partial charge on any atom is -0.466 e. The van der Waals surface area contributed by atoms with E-state index in [9.17, 15) is 19.5 Å². The Kier molecular flexibility index (Phi) is 9.45. The molecule has 1 aromatic carbocycles. The number of benzene rings is 1. The fraction of sp³-hybridized carbons (Fsp3) is 0.560. The molecule has 0 fully saturated rings. The molecular formula is C25H37N2O7P. The number of hydrogen-bond donors (Lipinski definition) is 0. The van der Waals surface area contributed by atoms with E-state index < -0.39 is 31.1 Å². The average molecular weight is 509 g/mol. The van der Waals surface area contributed by atoms with Crippen LogP contribution >= 0.6 is 8.46 Å². The van der Waals surface area contributed by atoms with Gasteiger partial charge >= 0.3 is 5.97 Å². The predicted octanol–water partition coefficient (Wildman–Crippen LogP) is 5.58. The summed E-state index contributed by atoms with van der Waals surface area (Å²) in [6.07, 6.45) is -0.625. The maximum atomic E-state index is 13.4. The van der Waals surface area contributed by atoms with Gasteiger partial charge in [0.2, 0.25) is 0 Å². The van der Waals surface area contributed by atoms with E-state index >= 15 is 0 Å². The van der Waals surface area contributed by atoms with E-state index in [0.29, 0.717) is 22.3 Å². The second-order valence-electron chi connectivity index (χ2n) is 9.47. The highest BCUT2D eigenvalue weighted by Gasteiger charge is 2.53. The summed E-state index contributed by atoms with van der Waals surface area (Å²) in [5, 5.41) is 13.4. The molecule has 1 heterocycles. The molecule has 0 N–H and O–H groups in total. The highest BCUT2D eigenvalue weighted by Crippen LogP contribution is 2.53. The Labute approximate surface area is 208 Å². The van der Waals surface area contributed by atoms with E-state index in [1.165, 1.54) is 30.4 Å². The highest BCUT2D eigenvalue weighted by molar-refractivity contribution is 7.29. The maximum absolute atomic E-state index is 13.4. The molecule has 0 amide bonds. The van der Waals surface area contributed by atoms with E-state index in [1.54, 1.807) is 19.9 Å². The van der Waals surface area contributed by atoms with Gasteiger partial charge in [-0.15, -0.1) is 0 Å². The maximum Gasteiger partial charge on any atom is 0.339 e. The molecular weight excluding hydrogens is 471 g/mol. The number of nitrogens with zero attached hydrogens (tertiary/aromatic N) is 2. The molecule has 4 atom stereocenters. The minimum atomic E-state index is -1.66. The van der Waals surface area contributed by atoms with Gasteiger partial charge in [0, 0.05) is 23.0 Å².